The third-order valence-electron chi connectivity index (χ3n) is 4.33. The maximum absolute atomic E-state index is 11.6. The number of carbonyl (C=O) groups is 1. The maximum Gasteiger partial charge on any atom is 0.407 e. The van der Waals surface area contributed by atoms with E-state index in [1.165, 1.54) is 11.3 Å². The maximum atomic E-state index is 11.6. The zero-order valence-corrected chi connectivity index (χ0v) is 21.1. The predicted octanol–water partition coefficient (Wildman–Crippen LogP) is 4.21. The molecule has 0 saturated carbocycles. The first kappa shape index (κ1) is 25.9. The number of rotatable bonds is 7. The van der Waals surface area contributed by atoms with Gasteiger partial charge in [-0.25, -0.2) is 4.79 Å². The standard InChI is InChI=1S/C21H34N4O2S.HI/c1-21(2,3)27-20(26)24-13-8-12-23-19(22-4)25-14-11-17(15-25)16-28-18-9-6-5-7-10-18;/h5-7,9-10,17H,8,11-16H2,1-4H3,(H,22,23)(H,24,26);1H. The van der Waals surface area contributed by atoms with E-state index >= 15 is 0 Å². The lowest BCUT2D eigenvalue weighted by Crippen LogP contribution is -2.41. The van der Waals surface area contributed by atoms with Crippen molar-refractivity contribution in [2.45, 2.75) is 44.1 Å². The molecule has 1 fully saturated rings. The van der Waals surface area contributed by atoms with Crippen LogP contribution < -0.4 is 10.6 Å². The minimum absolute atomic E-state index is 0. The molecule has 1 amide bonds. The molecule has 2 rings (SSSR count). The van der Waals surface area contributed by atoms with Gasteiger partial charge < -0.3 is 20.3 Å². The molecule has 2 N–H and O–H groups in total. The van der Waals surface area contributed by atoms with Crippen molar-refractivity contribution in [1.82, 2.24) is 15.5 Å². The first-order valence-corrected chi connectivity index (χ1v) is 11.0. The molecule has 1 atom stereocenters. The Hall–Kier alpha value is -1.16. The number of carbonyl (C=O) groups excluding carboxylic acids is 1. The van der Waals surface area contributed by atoms with E-state index in [4.69, 9.17) is 4.74 Å². The number of thioether (sulfide) groups is 1. The number of hydrogen-bond acceptors (Lipinski definition) is 4. The minimum atomic E-state index is -0.463. The van der Waals surface area contributed by atoms with Crippen LogP contribution in [0.25, 0.3) is 0 Å². The van der Waals surface area contributed by atoms with Gasteiger partial charge in [0.2, 0.25) is 0 Å². The molecule has 1 unspecified atom stereocenters. The third kappa shape index (κ3) is 10.4. The summed E-state index contributed by atoms with van der Waals surface area (Å²) in [4.78, 5) is 19.7. The van der Waals surface area contributed by atoms with Gasteiger partial charge >= 0.3 is 6.09 Å². The fraction of sp³-hybridized carbons (Fsp3) is 0.619. The SMILES string of the molecule is CN=C(NCCCNC(=O)OC(C)(C)C)N1CCC(CSc2ccccc2)C1.I. The number of halogens is 1. The summed E-state index contributed by atoms with van der Waals surface area (Å²) in [7, 11) is 1.83. The van der Waals surface area contributed by atoms with Crippen LogP contribution in [0.1, 0.15) is 33.6 Å². The molecule has 164 valence electrons. The summed E-state index contributed by atoms with van der Waals surface area (Å²) in [5, 5.41) is 6.19. The van der Waals surface area contributed by atoms with E-state index in [2.05, 4.69) is 50.9 Å². The number of aliphatic imine (C=N–C) groups is 1. The van der Waals surface area contributed by atoms with Crippen LogP contribution in [0.2, 0.25) is 0 Å². The van der Waals surface area contributed by atoms with Crippen LogP contribution in [0.4, 0.5) is 4.79 Å². The Balaban J connectivity index is 0.00000420. The van der Waals surface area contributed by atoms with Crippen molar-refractivity contribution in [1.29, 1.82) is 0 Å². The van der Waals surface area contributed by atoms with Gasteiger partial charge in [-0.2, -0.15) is 0 Å². The molecule has 1 aromatic rings. The molecular weight excluding hydrogens is 499 g/mol. The second kappa shape index (κ2) is 13.2. The molecule has 1 aliphatic rings. The summed E-state index contributed by atoms with van der Waals surface area (Å²) in [5.41, 5.74) is -0.463. The molecule has 8 heteroatoms. The summed E-state index contributed by atoms with van der Waals surface area (Å²) in [5.74, 6) is 2.76. The van der Waals surface area contributed by atoms with E-state index < -0.39 is 5.60 Å². The van der Waals surface area contributed by atoms with Gasteiger partial charge in [0.15, 0.2) is 5.96 Å². The molecule has 6 nitrogen and oxygen atoms in total. The Kier molecular flexibility index (Phi) is 11.8. The number of nitrogens with one attached hydrogen (secondary N) is 2. The van der Waals surface area contributed by atoms with Crippen LogP contribution in [0.5, 0.6) is 0 Å². The van der Waals surface area contributed by atoms with Crippen molar-refractivity contribution in [2.24, 2.45) is 10.9 Å². The Morgan fingerprint density at radius 3 is 2.59 bits per heavy atom. The molecule has 0 aliphatic carbocycles. The zero-order valence-electron chi connectivity index (χ0n) is 17.9. The van der Waals surface area contributed by atoms with Gasteiger partial charge in [-0.1, -0.05) is 18.2 Å². The lowest BCUT2D eigenvalue weighted by atomic mass is 10.2. The number of alkyl carbamates (subject to hydrolysis) is 1. The Labute approximate surface area is 196 Å². The number of likely N-dealkylation sites (tertiary alicyclic amines) is 1. The van der Waals surface area contributed by atoms with Crippen molar-refractivity contribution < 1.29 is 9.53 Å². The van der Waals surface area contributed by atoms with Gasteiger partial charge in [-0.15, -0.1) is 35.7 Å². The molecule has 0 radical (unpaired) electrons. The quantitative estimate of drug-likeness (QED) is 0.181. The third-order valence-corrected chi connectivity index (χ3v) is 5.57. The van der Waals surface area contributed by atoms with Crippen LogP contribution in [0.15, 0.2) is 40.2 Å². The first-order valence-electron chi connectivity index (χ1n) is 9.97. The number of amides is 1. The summed E-state index contributed by atoms with van der Waals surface area (Å²) < 4.78 is 5.23. The van der Waals surface area contributed by atoms with E-state index in [0.29, 0.717) is 12.5 Å². The van der Waals surface area contributed by atoms with Gasteiger partial charge in [0.05, 0.1) is 0 Å². The summed E-state index contributed by atoms with van der Waals surface area (Å²) in [6.07, 6.45) is 1.65. The number of guanidine groups is 1. The van der Waals surface area contributed by atoms with Gasteiger partial charge in [0, 0.05) is 43.9 Å². The van der Waals surface area contributed by atoms with Crippen LogP contribution in [-0.2, 0) is 4.74 Å². The van der Waals surface area contributed by atoms with E-state index in [1.807, 2.05) is 39.6 Å². The average Bonchev–Trinajstić information content (AvgIpc) is 3.11. The molecular formula is C21H35IN4O2S. The summed E-state index contributed by atoms with van der Waals surface area (Å²) in [6, 6.07) is 10.6. The van der Waals surface area contributed by atoms with Gasteiger partial charge in [-0.05, 0) is 51.7 Å². The molecule has 1 heterocycles. The second-order valence-electron chi connectivity index (χ2n) is 7.98. The van der Waals surface area contributed by atoms with Crippen LogP contribution in [0.3, 0.4) is 0 Å². The van der Waals surface area contributed by atoms with Crippen molar-refractivity contribution >= 4 is 47.8 Å². The molecule has 0 spiro atoms. The van der Waals surface area contributed by atoms with Crippen LogP contribution in [-0.4, -0.2) is 61.5 Å². The highest BCUT2D eigenvalue weighted by Gasteiger charge is 2.24. The normalized spacial score (nSPS) is 16.9. The number of hydrogen-bond donors (Lipinski definition) is 2. The van der Waals surface area contributed by atoms with Crippen LogP contribution in [0, 0.1) is 5.92 Å². The number of benzene rings is 1. The fourth-order valence-electron chi connectivity index (χ4n) is 3.02. The second-order valence-corrected chi connectivity index (χ2v) is 9.07. The minimum Gasteiger partial charge on any atom is -0.444 e. The van der Waals surface area contributed by atoms with Crippen molar-refractivity contribution in [3.8, 4) is 0 Å². The van der Waals surface area contributed by atoms with Crippen molar-refractivity contribution in [3.05, 3.63) is 30.3 Å². The highest BCUT2D eigenvalue weighted by Crippen LogP contribution is 2.25. The van der Waals surface area contributed by atoms with Crippen LogP contribution >= 0.6 is 35.7 Å². The lowest BCUT2D eigenvalue weighted by Gasteiger charge is -2.22. The monoisotopic (exact) mass is 534 g/mol. The largest absolute Gasteiger partial charge is 0.444 e. The topological polar surface area (TPSA) is 66.0 Å². The first-order chi connectivity index (χ1) is 13.4. The van der Waals surface area contributed by atoms with E-state index in [-0.39, 0.29) is 30.1 Å². The molecule has 1 saturated heterocycles. The highest BCUT2D eigenvalue weighted by molar-refractivity contribution is 14.0. The highest BCUT2D eigenvalue weighted by atomic mass is 127. The van der Waals surface area contributed by atoms with E-state index in [0.717, 1.165) is 37.8 Å². The zero-order chi connectivity index (χ0) is 20.4. The fourth-order valence-corrected chi connectivity index (χ4v) is 4.07. The predicted molar refractivity (Wildman–Crippen MR) is 132 cm³/mol. The summed E-state index contributed by atoms with van der Waals surface area (Å²) in [6.45, 7) is 9.00. The van der Waals surface area contributed by atoms with Gasteiger partial charge in [0.1, 0.15) is 5.60 Å². The van der Waals surface area contributed by atoms with Gasteiger partial charge in [0.25, 0.3) is 0 Å². The Morgan fingerprint density at radius 2 is 1.93 bits per heavy atom. The van der Waals surface area contributed by atoms with E-state index in [9.17, 15) is 4.79 Å². The average molecular weight is 535 g/mol. The number of ether oxygens (including phenoxy) is 1. The smallest absolute Gasteiger partial charge is 0.407 e. The Morgan fingerprint density at radius 1 is 1.24 bits per heavy atom. The van der Waals surface area contributed by atoms with Gasteiger partial charge in [-0.3, -0.25) is 4.99 Å². The molecule has 1 aliphatic heterocycles. The van der Waals surface area contributed by atoms with Crippen molar-refractivity contribution in [2.75, 3.05) is 39.0 Å². The molecule has 0 aromatic heterocycles. The Bertz CT molecular complexity index is 637. The number of nitrogens with zero attached hydrogens (tertiary/aromatic N) is 2. The molecule has 1 aromatic carbocycles. The summed E-state index contributed by atoms with van der Waals surface area (Å²) >= 11 is 1.93. The van der Waals surface area contributed by atoms with Crippen molar-refractivity contribution in [3.63, 3.8) is 0 Å². The van der Waals surface area contributed by atoms with E-state index in [1.54, 1.807) is 0 Å². The molecule has 29 heavy (non-hydrogen) atoms. The molecule has 0 bridgehead atoms. The lowest BCUT2D eigenvalue weighted by molar-refractivity contribution is 0.0527.